The van der Waals surface area contributed by atoms with E-state index in [4.69, 9.17) is 17.3 Å². The van der Waals surface area contributed by atoms with Gasteiger partial charge < -0.3 is 11.1 Å². The summed E-state index contributed by atoms with van der Waals surface area (Å²) in [5.74, 6) is 0.794. The number of rotatable bonds is 4. The van der Waals surface area contributed by atoms with Gasteiger partial charge in [0, 0.05) is 9.75 Å². The molecular formula is C11H13ClN4S. The third-order valence-electron chi connectivity index (χ3n) is 2.26. The number of aromatic nitrogens is 2. The maximum atomic E-state index is 5.96. The largest absolute Gasteiger partial charge is 0.368 e. The molecule has 0 aliphatic rings. The number of hydrogen-bond acceptors (Lipinski definition) is 5. The molecule has 2 aromatic rings. The Labute approximate surface area is 109 Å². The van der Waals surface area contributed by atoms with Gasteiger partial charge in [-0.2, -0.15) is 4.98 Å². The molecule has 0 spiro atoms. The van der Waals surface area contributed by atoms with Crippen molar-refractivity contribution in [2.75, 3.05) is 11.1 Å². The third-order valence-corrected chi connectivity index (χ3v) is 3.76. The van der Waals surface area contributed by atoms with E-state index in [0.717, 1.165) is 6.42 Å². The Morgan fingerprint density at radius 2 is 2.18 bits per heavy atom. The van der Waals surface area contributed by atoms with Gasteiger partial charge in [-0.15, -0.1) is 11.3 Å². The van der Waals surface area contributed by atoms with E-state index >= 15 is 0 Å². The van der Waals surface area contributed by atoms with Crippen LogP contribution in [0.2, 0.25) is 5.02 Å². The van der Waals surface area contributed by atoms with Crippen molar-refractivity contribution < 1.29 is 0 Å². The Kier molecular flexibility index (Phi) is 3.81. The van der Waals surface area contributed by atoms with Crippen molar-refractivity contribution >= 4 is 34.7 Å². The molecule has 0 aromatic carbocycles. The van der Waals surface area contributed by atoms with Crippen molar-refractivity contribution in [2.24, 2.45) is 0 Å². The van der Waals surface area contributed by atoms with Gasteiger partial charge in [0.2, 0.25) is 5.95 Å². The molecule has 0 unspecified atom stereocenters. The van der Waals surface area contributed by atoms with Crippen LogP contribution in [-0.4, -0.2) is 9.97 Å². The highest BCUT2D eigenvalue weighted by Gasteiger charge is 2.04. The summed E-state index contributed by atoms with van der Waals surface area (Å²) in [5.41, 5.74) is 5.50. The average molecular weight is 269 g/mol. The van der Waals surface area contributed by atoms with E-state index in [2.05, 4.69) is 34.3 Å². The summed E-state index contributed by atoms with van der Waals surface area (Å²) in [5, 5.41) is 3.63. The van der Waals surface area contributed by atoms with Gasteiger partial charge in [-0.3, -0.25) is 0 Å². The smallest absolute Gasteiger partial charge is 0.222 e. The van der Waals surface area contributed by atoms with Crippen LogP contribution in [0.5, 0.6) is 0 Å². The van der Waals surface area contributed by atoms with Crippen molar-refractivity contribution in [3.63, 3.8) is 0 Å². The minimum atomic E-state index is 0.220. The fourth-order valence-corrected chi connectivity index (χ4v) is 2.44. The Morgan fingerprint density at radius 3 is 2.88 bits per heavy atom. The molecule has 0 amide bonds. The van der Waals surface area contributed by atoms with Gasteiger partial charge in [-0.25, -0.2) is 4.98 Å². The lowest BCUT2D eigenvalue weighted by Crippen LogP contribution is -2.03. The quantitative estimate of drug-likeness (QED) is 0.895. The fourth-order valence-electron chi connectivity index (χ4n) is 1.38. The second-order valence-corrected chi connectivity index (χ2v) is 5.16. The van der Waals surface area contributed by atoms with Gasteiger partial charge in [0.15, 0.2) is 5.82 Å². The van der Waals surface area contributed by atoms with E-state index in [1.807, 2.05) is 0 Å². The zero-order chi connectivity index (χ0) is 12.3. The fraction of sp³-hybridized carbons (Fsp3) is 0.273. The molecule has 0 radical (unpaired) electrons. The number of nitrogens with one attached hydrogen (secondary N) is 1. The van der Waals surface area contributed by atoms with E-state index in [1.165, 1.54) is 16.0 Å². The maximum Gasteiger partial charge on any atom is 0.222 e. The number of thiophene rings is 1. The van der Waals surface area contributed by atoms with E-state index in [1.54, 1.807) is 11.3 Å². The normalized spacial score (nSPS) is 10.5. The van der Waals surface area contributed by atoms with Crippen LogP contribution in [-0.2, 0) is 13.0 Å². The molecule has 2 rings (SSSR count). The number of halogens is 1. The maximum absolute atomic E-state index is 5.96. The van der Waals surface area contributed by atoms with Crippen molar-refractivity contribution in [2.45, 2.75) is 19.9 Å². The van der Waals surface area contributed by atoms with Crippen LogP contribution < -0.4 is 11.1 Å². The molecule has 17 heavy (non-hydrogen) atoms. The summed E-state index contributed by atoms with van der Waals surface area (Å²) >= 11 is 7.74. The van der Waals surface area contributed by atoms with E-state index in [-0.39, 0.29) is 5.95 Å². The Morgan fingerprint density at radius 1 is 1.41 bits per heavy atom. The third kappa shape index (κ3) is 3.08. The zero-order valence-electron chi connectivity index (χ0n) is 9.40. The highest BCUT2D eigenvalue weighted by molar-refractivity contribution is 7.12. The summed E-state index contributed by atoms with van der Waals surface area (Å²) in [7, 11) is 0. The van der Waals surface area contributed by atoms with Gasteiger partial charge in [0.25, 0.3) is 0 Å². The van der Waals surface area contributed by atoms with Crippen LogP contribution in [0.25, 0.3) is 0 Å². The van der Waals surface area contributed by atoms with E-state index in [0.29, 0.717) is 17.4 Å². The van der Waals surface area contributed by atoms with Crippen LogP contribution in [0.15, 0.2) is 18.3 Å². The SMILES string of the molecule is CCc1ccc(CNc2nc(N)ncc2Cl)s1. The number of anilines is 2. The van der Waals surface area contributed by atoms with E-state index < -0.39 is 0 Å². The number of nitrogens with two attached hydrogens (primary N) is 1. The van der Waals surface area contributed by atoms with Crippen LogP contribution in [0.3, 0.4) is 0 Å². The molecule has 0 saturated heterocycles. The van der Waals surface area contributed by atoms with Crippen LogP contribution >= 0.6 is 22.9 Å². The number of nitrogens with zero attached hydrogens (tertiary/aromatic N) is 2. The zero-order valence-corrected chi connectivity index (χ0v) is 11.0. The molecule has 0 aliphatic heterocycles. The minimum absolute atomic E-state index is 0.220. The number of hydrogen-bond donors (Lipinski definition) is 2. The second-order valence-electron chi connectivity index (χ2n) is 3.50. The molecular weight excluding hydrogens is 256 g/mol. The van der Waals surface area contributed by atoms with Crippen molar-refractivity contribution in [1.82, 2.24) is 9.97 Å². The molecule has 2 aromatic heterocycles. The predicted molar refractivity (Wildman–Crippen MR) is 72.5 cm³/mol. The first kappa shape index (κ1) is 12.1. The highest BCUT2D eigenvalue weighted by Crippen LogP contribution is 2.21. The molecule has 6 heteroatoms. The molecule has 0 saturated carbocycles. The average Bonchev–Trinajstić information content (AvgIpc) is 2.78. The summed E-state index contributed by atoms with van der Waals surface area (Å²) in [4.78, 5) is 10.5. The number of nitrogen functional groups attached to an aromatic ring is 1. The predicted octanol–water partition coefficient (Wildman–Crippen LogP) is 2.95. The lowest BCUT2D eigenvalue weighted by atomic mass is 10.3. The first-order chi connectivity index (χ1) is 8.19. The molecule has 3 N–H and O–H groups in total. The van der Waals surface area contributed by atoms with Gasteiger partial charge in [0.1, 0.15) is 5.02 Å². The summed E-state index contributed by atoms with van der Waals surface area (Å²) in [6.07, 6.45) is 2.56. The first-order valence-electron chi connectivity index (χ1n) is 5.28. The summed E-state index contributed by atoms with van der Waals surface area (Å²) in [6, 6.07) is 4.24. The summed E-state index contributed by atoms with van der Waals surface area (Å²) in [6.45, 7) is 2.84. The lowest BCUT2D eigenvalue weighted by molar-refractivity contribution is 1.11. The lowest BCUT2D eigenvalue weighted by Gasteiger charge is -2.05. The van der Waals surface area contributed by atoms with Crippen LogP contribution in [0.1, 0.15) is 16.7 Å². The van der Waals surface area contributed by atoms with Gasteiger partial charge in [-0.1, -0.05) is 18.5 Å². The molecule has 0 atom stereocenters. The monoisotopic (exact) mass is 268 g/mol. The van der Waals surface area contributed by atoms with Crippen molar-refractivity contribution in [3.05, 3.63) is 33.1 Å². The van der Waals surface area contributed by atoms with Gasteiger partial charge in [-0.05, 0) is 18.6 Å². The standard InChI is InChI=1S/C11H13ClN4S/c1-2-7-3-4-8(17-7)5-14-10-9(12)6-15-11(13)16-10/h3-4,6H,2,5H2,1H3,(H3,13,14,15,16). The Balaban J connectivity index is 2.04. The van der Waals surface area contributed by atoms with Crippen LogP contribution in [0, 0.1) is 0 Å². The van der Waals surface area contributed by atoms with E-state index in [9.17, 15) is 0 Å². The second kappa shape index (κ2) is 5.33. The molecule has 90 valence electrons. The van der Waals surface area contributed by atoms with Crippen molar-refractivity contribution in [3.8, 4) is 0 Å². The topological polar surface area (TPSA) is 63.8 Å². The minimum Gasteiger partial charge on any atom is -0.368 e. The van der Waals surface area contributed by atoms with Gasteiger partial charge in [0.05, 0.1) is 12.7 Å². The molecule has 4 nitrogen and oxygen atoms in total. The highest BCUT2D eigenvalue weighted by atomic mass is 35.5. The molecule has 0 fully saturated rings. The molecule has 0 aliphatic carbocycles. The first-order valence-corrected chi connectivity index (χ1v) is 6.48. The molecule has 2 heterocycles. The van der Waals surface area contributed by atoms with Crippen LogP contribution in [0.4, 0.5) is 11.8 Å². The Hall–Kier alpha value is -1.33. The van der Waals surface area contributed by atoms with Crippen molar-refractivity contribution in [1.29, 1.82) is 0 Å². The molecule has 0 bridgehead atoms. The number of aryl methyl sites for hydroxylation is 1. The summed E-state index contributed by atoms with van der Waals surface area (Å²) < 4.78 is 0. The van der Waals surface area contributed by atoms with Gasteiger partial charge >= 0.3 is 0 Å². The Bertz CT molecular complexity index is 512.